The number of ketones is 1. The monoisotopic (exact) mass is 612 g/mol. The van der Waals surface area contributed by atoms with E-state index in [1.54, 1.807) is 35.2 Å². The summed E-state index contributed by atoms with van der Waals surface area (Å²) in [5.41, 5.74) is 4.24. The van der Waals surface area contributed by atoms with Crippen molar-refractivity contribution >= 4 is 29.0 Å². The average Bonchev–Trinajstić information content (AvgIpc) is 3.11. The van der Waals surface area contributed by atoms with E-state index in [1.165, 1.54) is 7.11 Å². The molecule has 0 unspecified atom stereocenters. The molecule has 5 aromatic carbocycles. The van der Waals surface area contributed by atoms with Crippen LogP contribution < -0.4 is 15.0 Å². The number of benzene rings is 5. The van der Waals surface area contributed by atoms with Crippen LogP contribution in [0.2, 0.25) is 0 Å². The van der Waals surface area contributed by atoms with Crippen molar-refractivity contribution in [1.29, 1.82) is 0 Å². The van der Waals surface area contributed by atoms with E-state index in [1.807, 2.05) is 109 Å². The summed E-state index contributed by atoms with van der Waals surface area (Å²) in [7, 11) is 1.35. The summed E-state index contributed by atoms with van der Waals surface area (Å²) in [5.74, 6) is 0.0586. The first-order chi connectivity index (χ1) is 22.5. The van der Waals surface area contributed by atoms with Crippen molar-refractivity contribution in [3.05, 3.63) is 162 Å². The Balaban J connectivity index is 1.22. The molecule has 0 aliphatic rings. The summed E-state index contributed by atoms with van der Waals surface area (Å²) < 4.78 is 11.1. The number of nitrogens with zero attached hydrogens (tertiary/aromatic N) is 1. The number of carbonyl (C=O) groups is 3. The maximum Gasteiger partial charge on any atom is 0.328 e. The number of hydrogen-bond acceptors (Lipinski definition) is 6. The van der Waals surface area contributed by atoms with E-state index in [9.17, 15) is 14.4 Å². The van der Waals surface area contributed by atoms with Crippen LogP contribution in [0.15, 0.2) is 140 Å². The lowest BCUT2D eigenvalue weighted by molar-refractivity contribution is -0.141. The van der Waals surface area contributed by atoms with Crippen molar-refractivity contribution in [1.82, 2.24) is 0 Å². The number of amides is 1. The molecule has 7 heteroatoms. The third-order valence-electron chi connectivity index (χ3n) is 7.54. The van der Waals surface area contributed by atoms with Crippen molar-refractivity contribution in [3.8, 4) is 5.75 Å². The highest BCUT2D eigenvalue weighted by molar-refractivity contribution is 6.12. The predicted octanol–water partition coefficient (Wildman–Crippen LogP) is 6.77. The Hall–Kier alpha value is -5.69. The Kier molecular flexibility index (Phi) is 10.9. The molecule has 1 atom stereocenters. The molecule has 0 saturated carbocycles. The molecule has 46 heavy (non-hydrogen) atoms. The molecule has 5 rings (SSSR count). The van der Waals surface area contributed by atoms with E-state index in [-0.39, 0.29) is 11.7 Å². The van der Waals surface area contributed by atoms with E-state index in [2.05, 4.69) is 5.32 Å². The number of hydrogen-bond donors (Lipinski definition) is 1. The van der Waals surface area contributed by atoms with Crippen molar-refractivity contribution in [2.75, 3.05) is 30.5 Å². The minimum absolute atomic E-state index is 0.00950. The first kappa shape index (κ1) is 31.7. The smallest absolute Gasteiger partial charge is 0.328 e. The summed E-state index contributed by atoms with van der Waals surface area (Å²) in [6.07, 6.45) is 0.626. The fraction of sp³-hybridized carbons (Fsp3) is 0.154. The van der Waals surface area contributed by atoms with Gasteiger partial charge in [0.05, 0.1) is 20.1 Å². The van der Waals surface area contributed by atoms with Gasteiger partial charge in [-0.05, 0) is 47.5 Å². The molecule has 0 spiro atoms. The Morgan fingerprint density at radius 1 is 0.696 bits per heavy atom. The molecule has 0 aliphatic heterocycles. The Morgan fingerprint density at radius 2 is 1.30 bits per heavy atom. The Labute approximate surface area is 269 Å². The number of carbonyl (C=O) groups excluding carboxylic acids is 3. The van der Waals surface area contributed by atoms with Crippen LogP contribution in [0.4, 0.5) is 11.4 Å². The molecule has 1 N–H and O–H groups in total. The van der Waals surface area contributed by atoms with Gasteiger partial charge >= 0.3 is 5.97 Å². The van der Waals surface area contributed by atoms with E-state index in [0.717, 1.165) is 16.8 Å². The van der Waals surface area contributed by atoms with Crippen molar-refractivity contribution in [2.45, 2.75) is 18.9 Å². The van der Waals surface area contributed by atoms with Crippen molar-refractivity contribution in [3.63, 3.8) is 0 Å². The molecule has 232 valence electrons. The van der Waals surface area contributed by atoms with Gasteiger partial charge in [0.15, 0.2) is 5.78 Å². The number of nitrogens with one attached hydrogen (secondary N) is 1. The highest BCUT2D eigenvalue weighted by atomic mass is 16.5. The summed E-state index contributed by atoms with van der Waals surface area (Å²) in [6.45, 7) is 0.681. The van der Waals surface area contributed by atoms with Gasteiger partial charge in [0.25, 0.3) is 0 Å². The third-order valence-corrected chi connectivity index (χ3v) is 7.54. The second kappa shape index (κ2) is 15.9. The number of anilines is 2. The highest BCUT2D eigenvalue weighted by Crippen LogP contribution is 2.23. The minimum Gasteiger partial charge on any atom is -0.492 e. The van der Waals surface area contributed by atoms with Crippen LogP contribution in [0.1, 0.15) is 27.0 Å². The van der Waals surface area contributed by atoms with Gasteiger partial charge < -0.3 is 19.7 Å². The van der Waals surface area contributed by atoms with E-state index < -0.39 is 12.0 Å². The summed E-state index contributed by atoms with van der Waals surface area (Å²) in [5, 5.41) is 3.24. The van der Waals surface area contributed by atoms with Crippen LogP contribution in [0, 0.1) is 0 Å². The number of esters is 1. The van der Waals surface area contributed by atoms with Crippen LogP contribution in [0.3, 0.4) is 0 Å². The zero-order chi connectivity index (χ0) is 32.1. The number of para-hydroxylation sites is 2. The first-order valence-electron chi connectivity index (χ1n) is 15.2. The molecular formula is C39H36N2O5. The molecule has 7 nitrogen and oxygen atoms in total. The van der Waals surface area contributed by atoms with Crippen LogP contribution in [0.25, 0.3) is 0 Å². The Morgan fingerprint density at radius 3 is 1.98 bits per heavy atom. The topological polar surface area (TPSA) is 84.9 Å². The summed E-state index contributed by atoms with van der Waals surface area (Å²) in [6, 6.07) is 42.2. The van der Waals surface area contributed by atoms with Crippen LogP contribution >= 0.6 is 0 Å². The fourth-order valence-corrected chi connectivity index (χ4v) is 5.16. The lowest BCUT2D eigenvalue weighted by Crippen LogP contribution is -2.35. The predicted molar refractivity (Wildman–Crippen MR) is 180 cm³/mol. The van der Waals surface area contributed by atoms with Crippen molar-refractivity contribution < 1.29 is 23.9 Å². The van der Waals surface area contributed by atoms with Gasteiger partial charge in [-0.3, -0.25) is 9.59 Å². The van der Waals surface area contributed by atoms with Crippen LogP contribution in [0.5, 0.6) is 5.75 Å². The van der Waals surface area contributed by atoms with Gasteiger partial charge in [-0.25, -0.2) is 4.79 Å². The molecule has 0 heterocycles. The van der Waals surface area contributed by atoms with Crippen LogP contribution in [-0.2, 0) is 27.2 Å². The SMILES string of the molecule is COC(=O)[C@H](Cc1ccc(OCCN(C(=O)Cc2ccccc2)c2ccccc2)cc1)Nc1ccccc1C(=O)c1ccccc1. The van der Waals surface area contributed by atoms with Gasteiger partial charge in [0, 0.05) is 28.9 Å². The highest BCUT2D eigenvalue weighted by Gasteiger charge is 2.23. The lowest BCUT2D eigenvalue weighted by Gasteiger charge is -2.23. The van der Waals surface area contributed by atoms with Gasteiger partial charge in [-0.2, -0.15) is 0 Å². The van der Waals surface area contributed by atoms with Gasteiger partial charge in [-0.1, -0.05) is 103 Å². The molecular weight excluding hydrogens is 576 g/mol. The quantitative estimate of drug-likeness (QED) is 0.110. The number of rotatable bonds is 14. The second-order valence-electron chi connectivity index (χ2n) is 10.7. The normalized spacial score (nSPS) is 11.2. The standard InChI is InChI=1S/C39H36N2O5/c1-45-39(44)36(40-35-20-12-11-19-34(35)38(43)31-15-7-3-8-16-31)27-30-21-23-33(24-22-30)46-26-25-41(32-17-9-4-10-18-32)37(42)28-29-13-5-2-6-14-29/h2-24,36,40H,25-28H2,1H3/t36-/m0/s1. The largest absolute Gasteiger partial charge is 0.492 e. The van der Waals surface area contributed by atoms with Gasteiger partial charge in [0.2, 0.25) is 5.91 Å². The summed E-state index contributed by atoms with van der Waals surface area (Å²) >= 11 is 0. The molecule has 0 aromatic heterocycles. The molecule has 0 aliphatic carbocycles. The van der Waals surface area contributed by atoms with Crippen LogP contribution in [-0.4, -0.2) is 44.0 Å². The molecule has 0 saturated heterocycles. The zero-order valence-corrected chi connectivity index (χ0v) is 25.7. The number of ether oxygens (including phenoxy) is 2. The molecule has 0 fully saturated rings. The maximum absolute atomic E-state index is 13.3. The van der Waals surface area contributed by atoms with E-state index >= 15 is 0 Å². The molecule has 1 amide bonds. The molecule has 5 aromatic rings. The van der Waals surface area contributed by atoms with E-state index in [0.29, 0.717) is 48.6 Å². The molecule has 0 bridgehead atoms. The second-order valence-corrected chi connectivity index (χ2v) is 10.7. The average molecular weight is 613 g/mol. The molecule has 0 radical (unpaired) electrons. The van der Waals surface area contributed by atoms with E-state index in [4.69, 9.17) is 9.47 Å². The lowest BCUT2D eigenvalue weighted by atomic mass is 10.00. The third kappa shape index (κ3) is 8.48. The zero-order valence-electron chi connectivity index (χ0n) is 25.7. The van der Waals surface area contributed by atoms with Gasteiger partial charge in [0.1, 0.15) is 18.4 Å². The van der Waals surface area contributed by atoms with Gasteiger partial charge in [-0.15, -0.1) is 0 Å². The first-order valence-corrected chi connectivity index (χ1v) is 15.2. The number of methoxy groups -OCH3 is 1. The fourth-order valence-electron chi connectivity index (χ4n) is 5.16. The van der Waals surface area contributed by atoms with Crippen molar-refractivity contribution in [2.24, 2.45) is 0 Å². The maximum atomic E-state index is 13.3. The Bertz CT molecular complexity index is 1730. The summed E-state index contributed by atoms with van der Waals surface area (Å²) in [4.78, 5) is 41.0. The minimum atomic E-state index is -0.725.